The smallest absolute Gasteiger partial charge is 0.404 e. The van der Waals surface area contributed by atoms with E-state index in [1.165, 1.54) is 22.9 Å². The first-order chi connectivity index (χ1) is 14.3. The fourth-order valence-electron chi connectivity index (χ4n) is 3.60. The molecule has 0 amide bonds. The molecule has 31 heavy (non-hydrogen) atoms. The highest BCUT2D eigenvalue weighted by atomic mass is 79.9. The van der Waals surface area contributed by atoms with E-state index < -0.39 is 12.1 Å². The summed E-state index contributed by atoms with van der Waals surface area (Å²) in [6, 6.07) is 6.13. The Morgan fingerprint density at radius 2 is 1.74 bits per heavy atom. The number of piperazine rings is 1. The van der Waals surface area contributed by atoms with Crippen LogP contribution in [0.4, 0.5) is 18.9 Å². The molecule has 3 rings (SSSR count). The Bertz CT molecular complexity index is 969. The molecule has 1 aromatic carbocycles. The third-order valence-corrected chi connectivity index (χ3v) is 5.18. The second kappa shape index (κ2) is 10.9. The number of halogens is 4. The second-order valence-electron chi connectivity index (χ2n) is 7.13. The Labute approximate surface area is 188 Å². The summed E-state index contributed by atoms with van der Waals surface area (Å²) in [5.74, 6) is -0.201. The van der Waals surface area contributed by atoms with Gasteiger partial charge in [0.15, 0.2) is 5.75 Å². The highest BCUT2D eigenvalue weighted by Gasteiger charge is 2.33. The van der Waals surface area contributed by atoms with Crippen molar-refractivity contribution in [1.82, 2.24) is 14.5 Å². The minimum absolute atomic E-state index is 0. The first-order valence-corrected chi connectivity index (χ1v) is 9.92. The molecule has 0 spiro atoms. The fourth-order valence-corrected chi connectivity index (χ4v) is 3.60. The molecule has 0 radical (unpaired) electrons. The molecule has 11 heteroatoms. The molecular formula is C20H26BrF3N4O3. The summed E-state index contributed by atoms with van der Waals surface area (Å²) in [6.07, 6.45) is -2.09. The number of ether oxygens (including phenoxy) is 1. The van der Waals surface area contributed by atoms with Crippen molar-refractivity contribution >= 4 is 22.7 Å². The number of alkyl halides is 3. The van der Waals surface area contributed by atoms with Crippen molar-refractivity contribution < 1.29 is 17.9 Å². The van der Waals surface area contributed by atoms with Crippen LogP contribution in [-0.4, -0.2) is 53.5 Å². The molecule has 0 unspecified atom stereocenters. The maximum absolute atomic E-state index is 12.6. The summed E-state index contributed by atoms with van der Waals surface area (Å²) >= 11 is 0. The number of hydrogen-bond acceptors (Lipinski definition) is 5. The van der Waals surface area contributed by atoms with Crippen molar-refractivity contribution in [2.45, 2.75) is 32.7 Å². The van der Waals surface area contributed by atoms with E-state index in [1.807, 2.05) is 11.8 Å². The molecule has 2 heterocycles. The summed E-state index contributed by atoms with van der Waals surface area (Å²) in [7, 11) is 0. The lowest BCUT2D eigenvalue weighted by Gasteiger charge is -2.36. The second-order valence-corrected chi connectivity index (χ2v) is 7.13. The number of H-pyrrole nitrogens is 1. The van der Waals surface area contributed by atoms with E-state index in [9.17, 15) is 22.8 Å². The van der Waals surface area contributed by atoms with E-state index >= 15 is 0 Å². The molecule has 1 aromatic heterocycles. The number of nitrogens with zero attached hydrogens (tertiary/aromatic N) is 3. The molecule has 0 saturated carbocycles. The van der Waals surface area contributed by atoms with E-state index in [1.54, 1.807) is 12.1 Å². The first kappa shape index (κ1) is 25.0. The SMILES string of the molecule is Br.CCc1c[nH]c(=O)n(CCCN2CCN(c3ccccc3OC(F)(F)F)CC2)c1=O. The topological polar surface area (TPSA) is 70.6 Å². The van der Waals surface area contributed by atoms with E-state index in [2.05, 4.69) is 14.6 Å². The van der Waals surface area contributed by atoms with Gasteiger partial charge >= 0.3 is 12.1 Å². The minimum atomic E-state index is -4.73. The van der Waals surface area contributed by atoms with Gasteiger partial charge < -0.3 is 14.6 Å². The zero-order chi connectivity index (χ0) is 21.7. The Kier molecular flexibility index (Phi) is 8.75. The molecule has 1 fully saturated rings. The van der Waals surface area contributed by atoms with Crippen LogP contribution >= 0.6 is 17.0 Å². The highest BCUT2D eigenvalue weighted by molar-refractivity contribution is 8.93. The van der Waals surface area contributed by atoms with E-state index in [0.717, 1.165) is 0 Å². The van der Waals surface area contributed by atoms with Crippen LogP contribution in [0.3, 0.4) is 0 Å². The third-order valence-electron chi connectivity index (χ3n) is 5.18. The van der Waals surface area contributed by atoms with E-state index in [-0.39, 0.29) is 28.3 Å². The molecule has 172 valence electrons. The standard InChI is InChI=1S/C20H25F3N4O3.BrH/c1-2-15-14-24-19(29)27(18(15)28)9-5-8-25-10-12-26(13-11-25)16-6-3-4-7-17(16)30-20(21,22)23;/h3-4,6-7,14H,2,5,8-13H2,1H3,(H,24,29);1H. The quantitative estimate of drug-likeness (QED) is 0.625. The van der Waals surface area contributed by atoms with Gasteiger partial charge in [-0.2, -0.15) is 0 Å². The van der Waals surface area contributed by atoms with Gasteiger partial charge in [0, 0.05) is 44.5 Å². The number of rotatable bonds is 7. The lowest BCUT2D eigenvalue weighted by atomic mass is 10.2. The van der Waals surface area contributed by atoms with Gasteiger partial charge in [0.2, 0.25) is 0 Å². The van der Waals surface area contributed by atoms with E-state index in [4.69, 9.17) is 0 Å². The Morgan fingerprint density at radius 1 is 1.06 bits per heavy atom. The molecule has 1 N–H and O–H groups in total. The predicted molar refractivity (Wildman–Crippen MR) is 117 cm³/mol. The molecular weight excluding hydrogens is 481 g/mol. The number of aryl methyl sites for hydroxylation is 1. The number of para-hydroxylation sites is 2. The van der Waals surface area contributed by atoms with Crippen molar-refractivity contribution in [3.05, 3.63) is 56.9 Å². The van der Waals surface area contributed by atoms with Gasteiger partial charge in [0.25, 0.3) is 5.56 Å². The van der Waals surface area contributed by atoms with Crippen molar-refractivity contribution in [3.63, 3.8) is 0 Å². The van der Waals surface area contributed by atoms with E-state index in [0.29, 0.717) is 63.4 Å². The summed E-state index contributed by atoms with van der Waals surface area (Å²) in [4.78, 5) is 30.8. The maximum Gasteiger partial charge on any atom is 0.573 e. The van der Waals surface area contributed by atoms with Gasteiger partial charge in [-0.1, -0.05) is 19.1 Å². The van der Waals surface area contributed by atoms with Crippen LogP contribution in [0.2, 0.25) is 0 Å². The molecule has 7 nitrogen and oxygen atoms in total. The van der Waals surface area contributed by atoms with Gasteiger partial charge in [0.05, 0.1) is 5.69 Å². The highest BCUT2D eigenvalue weighted by Crippen LogP contribution is 2.33. The summed E-state index contributed by atoms with van der Waals surface area (Å²) in [5, 5.41) is 0. The van der Waals surface area contributed by atoms with Gasteiger partial charge in [0.1, 0.15) is 0 Å². The summed E-state index contributed by atoms with van der Waals surface area (Å²) in [6.45, 7) is 5.33. The average molecular weight is 507 g/mol. The first-order valence-electron chi connectivity index (χ1n) is 9.92. The minimum Gasteiger partial charge on any atom is -0.404 e. The molecule has 2 aromatic rings. The van der Waals surface area contributed by atoms with Crippen molar-refractivity contribution in [1.29, 1.82) is 0 Å². The molecule has 0 aliphatic carbocycles. The molecule has 1 aliphatic heterocycles. The summed E-state index contributed by atoms with van der Waals surface area (Å²) < 4.78 is 43.3. The average Bonchev–Trinajstić information content (AvgIpc) is 2.70. The van der Waals surface area contributed by atoms with Crippen LogP contribution in [0.15, 0.2) is 40.1 Å². The van der Waals surface area contributed by atoms with Crippen molar-refractivity contribution in [2.24, 2.45) is 0 Å². The van der Waals surface area contributed by atoms with Gasteiger partial charge in [-0.3, -0.25) is 14.3 Å². The monoisotopic (exact) mass is 506 g/mol. The number of aromatic amines is 1. The fraction of sp³-hybridized carbons (Fsp3) is 0.500. The van der Waals surface area contributed by atoms with Gasteiger partial charge in [-0.05, 0) is 31.5 Å². The number of nitrogens with one attached hydrogen (secondary N) is 1. The van der Waals surface area contributed by atoms with Crippen LogP contribution in [0.1, 0.15) is 18.9 Å². The number of anilines is 1. The molecule has 0 atom stereocenters. The van der Waals surface area contributed by atoms with Crippen LogP contribution in [0.25, 0.3) is 0 Å². The van der Waals surface area contributed by atoms with Crippen molar-refractivity contribution in [3.8, 4) is 5.75 Å². The zero-order valence-corrected chi connectivity index (χ0v) is 18.9. The molecule has 1 aliphatic rings. The largest absolute Gasteiger partial charge is 0.573 e. The Hall–Kier alpha value is -2.27. The molecule has 1 saturated heterocycles. The zero-order valence-electron chi connectivity index (χ0n) is 17.2. The predicted octanol–water partition coefficient (Wildman–Crippen LogP) is 2.79. The number of hydrogen-bond donors (Lipinski definition) is 1. The summed E-state index contributed by atoms with van der Waals surface area (Å²) in [5.41, 5.74) is 0.322. The van der Waals surface area contributed by atoms with Crippen LogP contribution < -0.4 is 20.9 Å². The Balaban J connectivity index is 0.00000341. The van der Waals surface area contributed by atoms with Crippen molar-refractivity contribution in [2.75, 3.05) is 37.6 Å². The van der Waals surface area contributed by atoms with Crippen LogP contribution in [-0.2, 0) is 13.0 Å². The maximum atomic E-state index is 12.6. The lowest BCUT2D eigenvalue weighted by molar-refractivity contribution is -0.274. The van der Waals surface area contributed by atoms with Gasteiger partial charge in [-0.15, -0.1) is 30.2 Å². The molecule has 0 bridgehead atoms. The lowest BCUT2D eigenvalue weighted by Crippen LogP contribution is -2.47. The Morgan fingerprint density at radius 3 is 2.39 bits per heavy atom. The number of benzene rings is 1. The van der Waals surface area contributed by atoms with Crippen LogP contribution in [0, 0.1) is 0 Å². The number of aromatic nitrogens is 2. The normalized spacial score (nSPS) is 14.9. The third kappa shape index (κ3) is 6.60. The van der Waals surface area contributed by atoms with Crippen LogP contribution in [0.5, 0.6) is 5.75 Å². The van der Waals surface area contributed by atoms with Gasteiger partial charge in [-0.25, -0.2) is 4.79 Å².